The molecule has 0 bridgehead atoms. The van der Waals surface area contributed by atoms with Crippen LogP contribution < -0.4 is 9.62 Å². The third-order valence-electron chi connectivity index (χ3n) is 4.57. The van der Waals surface area contributed by atoms with E-state index in [1.165, 1.54) is 4.31 Å². The van der Waals surface area contributed by atoms with Crippen molar-refractivity contribution in [3.05, 3.63) is 65.7 Å². The van der Waals surface area contributed by atoms with Gasteiger partial charge in [0.2, 0.25) is 15.9 Å². The summed E-state index contributed by atoms with van der Waals surface area (Å²) in [6.07, 6.45) is 1.52. The standard InChI is InChI=1S/C21H28N2O3S/c1-5-20(21(24)22-15-17(3)18-9-7-6-8-10-18)23(27(4,25)26)19-13-11-16(2)12-14-19/h6-14,17,20H,5,15H2,1-4H3,(H,22,24)/t17-,20+/m0/s1. The van der Waals surface area contributed by atoms with Gasteiger partial charge >= 0.3 is 0 Å². The number of carbonyl (C=O) groups excluding carboxylic acids is 1. The Hall–Kier alpha value is -2.34. The van der Waals surface area contributed by atoms with Crippen molar-refractivity contribution >= 4 is 21.6 Å². The summed E-state index contributed by atoms with van der Waals surface area (Å²) in [6.45, 7) is 6.23. The molecule has 0 aromatic heterocycles. The molecule has 0 aliphatic carbocycles. The van der Waals surface area contributed by atoms with E-state index < -0.39 is 16.1 Å². The largest absolute Gasteiger partial charge is 0.354 e. The molecule has 1 amide bonds. The lowest BCUT2D eigenvalue weighted by atomic mass is 10.0. The van der Waals surface area contributed by atoms with Crippen molar-refractivity contribution in [2.24, 2.45) is 0 Å². The predicted molar refractivity (Wildman–Crippen MR) is 110 cm³/mol. The zero-order chi connectivity index (χ0) is 20.0. The SMILES string of the molecule is CC[C@H](C(=O)NC[C@H](C)c1ccccc1)N(c1ccc(C)cc1)S(C)(=O)=O. The lowest BCUT2D eigenvalue weighted by molar-refractivity contribution is -0.122. The molecule has 6 heteroatoms. The first-order valence-electron chi connectivity index (χ1n) is 9.12. The van der Waals surface area contributed by atoms with Gasteiger partial charge in [0, 0.05) is 6.54 Å². The number of benzene rings is 2. The number of aryl methyl sites for hydroxylation is 1. The van der Waals surface area contributed by atoms with E-state index in [1.54, 1.807) is 12.1 Å². The van der Waals surface area contributed by atoms with Gasteiger partial charge in [-0.15, -0.1) is 0 Å². The van der Waals surface area contributed by atoms with Gasteiger partial charge in [-0.25, -0.2) is 8.42 Å². The number of anilines is 1. The molecule has 0 unspecified atom stereocenters. The van der Waals surface area contributed by atoms with E-state index in [9.17, 15) is 13.2 Å². The van der Waals surface area contributed by atoms with Gasteiger partial charge in [0.15, 0.2) is 0 Å². The zero-order valence-corrected chi connectivity index (χ0v) is 17.2. The van der Waals surface area contributed by atoms with E-state index in [1.807, 2.05) is 63.2 Å². The van der Waals surface area contributed by atoms with Gasteiger partial charge in [-0.2, -0.15) is 0 Å². The molecule has 0 fully saturated rings. The Labute approximate surface area is 162 Å². The molecule has 0 saturated carbocycles. The van der Waals surface area contributed by atoms with E-state index in [-0.39, 0.29) is 11.8 Å². The van der Waals surface area contributed by atoms with Crippen LogP contribution in [0, 0.1) is 6.92 Å². The Bertz CT molecular complexity index is 849. The van der Waals surface area contributed by atoms with Gasteiger partial charge in [-0.05, 0) is 37.0 Å². The highest BCUT2D eigenvalue weighted by Gasteiger charge is 2.31. The summed E-state index contributed by atoms with van der Waals surface area (Å²) in [5, 5.41) is 2.92. The molecular weight excluding hydrogens is 360 g/mol. The van der Waals surface area contributed by atoms with Crippen LogP contribution in [-0.2, 0) is 14.8 Å². The first-order chi connectivity index (χ1) is 12.7. The normalized spacial score (nSPS) is 13.6. The lowest BCUT2D eigenvalue weighted by Gasteiger charge is -2.30. The van der Waals surface area contributed by atoms with Crippen LogP contribution in [0.25, 0.3) is 0 Å². The molecule has 0 saturated heterocycles. The number of amides is 1. The number of nitrogens with one attached hydrogen (secondary N) is 1. The minimum Gasteiger partial charge on any atom is -0.354 e. The van der Waals surface area contributed by atoms with Crippen LogP contribution in [0.15, 0.2) is 54.6 Å². The number of sulfonamides is 1. The van der Waals surface area contributed by atoms with Crippen molar-refractivity contribution in [2.75, 3.05) is 17.1 Å². The smallest absolute Gasteiger partial charge is 0.243 e. The molecule has 0 aliphatic rings. The van der Waals surface area contributed by atoms with Crippen molar-refractivity contribution in [1.29, 1.82) is 0 Å². The molecule has 2 aromatic carbocycles. The van der Waals surface area contributed by atoms with Crippen LogP contribution >= 0.6 is 0 Å². The van der Waals surface area contributed by atoms with Crippen molar-refractivity contribution in [1.82, 2.24) is 5.32 Å². The van der Waals surface area contributed by atoms with Gasteiger partial charge in [-0.3, -0.25) is 9.10 Å². The molecule has 2 atom stereocenters. The zero-order valence-electron chi connectivity index (χ0n) is 16.3. The van der Waals surface area contributed by atoms with Gasteiger partial charge in [-0.1, -0.05) is 61.9 Å². The van der Waals surface area contributed by atoms with Crippen molar-refractivity contribution in [2.45, 2.75) is 39.2 Å². The fraction of sp³-hybridized carbons (Fsp3) is 0.381. The molecule has 0 aliphatic heterocycles. The van der Waals surface area contributed by atoms with E-state index in [0.29, 0.717) is 18.7 Å². The summed E-state index contributed by atoms with van der Waals surface area (Å²) in [5.41, 5.74) is 2.66. The van der Waals surface area contributed by atoms with Crippen molar-refractivity contribution < 1.29 is 13.2 Å². The lowest BCUT2D eigenvalue weighted by Crippen LogP contribution is -2.49. The predicted octanol–water partition coefficient (Wildman–Crippen LogP) is 3.46. The van der Waals surface area contributed by atoms with Gasteiger partial charge < -0.3 is 5.32 Å². The van der Waals surface area contributed by atoms with Crippen LogP contribution in [-0.4, -0.2) is 33.2 Å². The van der Waals surface area contributed by atoms with Crippen LogP contribution in [0.5, 0.6) is 0 Å². The molecular formula is C21H28N2O3S. The van der Waals surface area contributed by atoms with Gasteiger partial charge in [0.25, 0.3) is 0 Å². The van der Waals surface area contributed by atoms with Crippen LogP contribution in [0.2, 0.25) is 0 Å². The molecule has 27 heavy (non-hydrogen) atoms. The number of rotatable bonds is 8. The number of nitrogens with zero attached hydrogens (tertiary/aromatic N) is 1. The quantitative estimate of drug-likeness (QED) is 0.753. The van der Waals surface area contributed by atoms with Crippen LogP contribution in [0.4, 0.5) is 5.69 Å². The van der Waals surface area contributed by atoms with Crippen LogP contribution in [0.3, 0.4) is 0 Å². The summed E-state index contributed by atoms with van der Waals surface area (Å²) in [7, 11) is -3.61. The molecule has 0 spiro atoms. The molecule has 2 rings (SSSR count). The second-order valence-electron chi connectivity index (χ2n) is 6.88. The fourth-order valence-corrected chi connectivity index (χ4v) is 4.23. The fourth-order valence-electron chi connectivity index (χ4n) is 3.02. The second-order valence-corrected chi connectivity index (χ2v) is 8.73. The minimum atomic E-state index is -3.61. The first kappa shape index (κ1) is 21.0. The van der Waals surface area contributed by atoms with Crippen molar-refractivity contribution in [3.63, 3.8) is 0 Å². The molecule has 2 aromatic rings. The van der Waals surface area contributed by atoms with E-state index >= 15 is 0 Å². The molecule has 0 radical (unpaired) electrons. The van der Waals surface area contributed by atoms with E-state index in [2.05, 4.69) is 5.32 Å². The minimum absolute atomic E-state index is 0.138. The highest BCUT2D eigenvalue weighted by atomic mass is 32.2. The Kier molecular flexibility index (Phi) is 7.02. The summed E-state index contributed by atoms with van der Waals surface area (Å²) in [6, 6.07) is 16.3. The van der Waals surface area contributed by atoms with E-state index in [0.717, 1.165) is 17.4 Å². The third kappa shape index (κ3) is 5.57. The molecule has 146 valence electrons. The average molecular weight is 389 g/mol. The Morgan fingerprint density at radius 3 is 2.19 bits per heavy atom. The Morgan fingerprint density at radius 1 is 1.07 bits per heavy atom. The average Bonchev–Trinajstić information content (AvgIpc) is 2.64. The van der Waals surface area contributed by atoms with Crippen molar-refractivity contribution in [3.8, 4) is 0 Å². The Morgan fingerprint density at radius 2 is 1.67 bits per heavy atom. The maximum Gasteiger partial charge on any atom is 0.243 e. The summed E-state index contributed by atoms with van der Waals surface area (Å²) < 4.78 is 26.1. The molecule has 5 nitrogen and oxygen atoms in total. The highest BCUT2D eigenvalue weighted by molar-refractivity contribution is 7.92. The first-order valence-corrected chi connectivity index (χ1v) is 11.0. The van der Waals surface area contributed by atoms with E-state index in [4.69, 9.17) is 0 Å². The van der Waals surface area contributed by atoms with Gasteiger partial charge in [0.1, 0.15) is 6.04 Å². The number of carbonyl (C=O) groups is 1. The number of hydrogen-bond acceptors (Lipinski definition) is 3. The molecule has 1 N–H and O–H groups in total. The van der Waals surface area contributed by atoms with Crippen LogP contribution in [0.1, 0.15) is 37.3 Å². The summed E-state index contributed by atoms with van der Waals surface area (Å²) >= 11 is 0. The highest BCUT2D eigenvalue weighted by Crippen LogP contribution is 2.23. The maximum absolute atomic E-state index is 12.8. The third-order valence-corrected chi connectivity index (χ3v) is 5.75. The monoisotopic (exact) mass is 388 g/mol. The summed E-state index contributed by atoms with van der Waals surface area (Å²) in [4.78, 5) is 12.8. The molecule has 0 heterocycles. The topological polar surface area (TPSA) is 66.5 Å². The number of hydrogen-bond donors (Lipinski definition) is 1. The maximum atomic E-state index is 12.8. The summed E-state index contributed by atoms with van der Waals surface area (Å²) in [5.74, 6) is -0.148. The van der Waals surface area contributed by atoms with Gasteiger partial charge in [0.05, 0.1) is 11.9 Å². The Balaban J connectivity index is 2.18. The second kappa shape index (κ2) is 9.04.